The van der Waals surface area contributed by atoms with Crippen LogP contribution in [-0.4, -0.2) is 12.0 Å². The molecule has 1 aliphatic carbocycles. The number of halogens is 1. The van der Waals surface area contributed by atoms with Gasteiger partial charge >= 0.3 is 0 Å². The average Bonchev–Trinajstić information content (AvgIpc) is 2.65. The number of amides is 1. The molecule has 1 N–H and O–H groups in total. The molecule has 1 heterocycles. The highest BCUT2D eigenvalue weighted by Gasteiger charge is 2.38. The lowest BCUT2D eigenvalue weighted by Gasteiger charge is -2.35. The molecule has 1 amide bonds. The van der Waals surface area contributed by atoms with E-state index in [0.29, 0.717) is 5.02 Å². The SMILES string of the molecule is O=C1N[C@@H](c2ccc(Cl)cc2)O[C@H]2CCCCC[C@@H]12. The van der Waals surface area contributed by atoms with Crippen LogP contribution in [0, 0.1) is 5.92 Å². The minimum Gasteiger partial charge on any atom is -0.350 e. The maximum Gasteiger partial charge on any atom is 0.227 e. The van der Waals surface area contributed by atoms with Crippen molar-refractivity contribution in [3.8, 4) is 0 Å². The first-order valence-electron chi connectivity index (χ1n) is 6.95. The van der Waals surface area contributed by atoms with Gasteiger partial charge in [-0.1, -0.05) is 43.0 Å². The van der Waals surface area contributed by atoms with Gasteiger partial charge in [-0.3, -0.25) is 4.79 Å². The summed E-state index contributed by atoms with van der Waals surface area (Å²) < 4.78 is 6.09. The zero-order valence-electron chi connectivity index (χ0n) is 10.8. The van der Waals surface area contributed by atoms with E-state index in [1.165, 1.54) is 6.42 Å². The number of fused-ring (bicyclic) bond motifs is 1. The molecule has 3 rings (SSSR count). The highest BCUT2D eigenvalue weighted by Crippen LogP contribution is 2.33. The van der Waals surface area contributed by atoms with Crippen molar-refractivity contribution in [2.24, 2.45) is 5.92 Å². The van der Waals surface area contributed by atoms with Gasteiger partial charge in [-0.25, -0.2) is 0 Å². The smallest absolute Gasteiger partial charge is 0.227 e. The summed E-state index contributed by atoms with van der Waals surface area (Å²) in [7, 11) is 0. The van der Waals surface area contributed by atoms with E-state index in [-0.39, 0.29) is 24.2 Å². The van der Waals surface area contributed by atoms with Crippen molar-refractivity contribution in [3.63, 3.8) is 0 Å². The zero-order valence-corrected chi connectivity index (χ0v) is 11.5. The molecule has 19 heavy (non-hydrogen) atoms. The lowest BCUT2D eigenvalue weighted by atomic mass is 9.94. The predicted octanol–water partition coefficient (Wildman–Crippen LogP) is 3.43. The summed E-state index contributed by atoms with van der Waals surface area (Å²) in [6, 6.07) is 7.46. The van der Waals surface area contributed by atoms with Crippen LogP contribution in [0.1, 0.15) is 43.9 Å². The summed E-state index contributed by atoms with van der Waals surface area (Å²) in [6.07, 6.45) is 5.16. The lowest BCUT2D eigenvalue weighted by Crippen LogP contribution is -2.48. The van der Waals surface area contributed by atoms with Gasteiger partial charge in [-0.05, 0) is 25.0 Å². The van der Waals surface area contributed by atoms with E-state index >= 15 is 0 Å². The zero-order chi connectivity index (χ0) is 13.2. The van der Waals surface area contributed by atoms with Gasteiger partial charge in [-0.15, -0.1) is 0 Å². The number of rotatable bonds is 1. The van der Waals surface area contributed by atoms with Crippen LogP contribution in [0.4, 0.5) is 0 Å². The number of nitrogens with one attached hydrogen (secondary N) is 1. The van der Waals surface area contributed by atoms with E-state index in [1.54, 1.807) is 0 Å². The highest BCUT2D eigenvalue weighted by molar-refractivity contribution is 6.30. The Bertz CT molecular complexity index is 460. The van der Waals surface area contributed by atoms with Gasteiger partial charge in [0.2, 0.25) is 5.91 Å². The summed E-state index contributed by atoms with van der Waals surface area (Å²) in [5, 5.41) is 3.67. The van der Waals surface area contributed by atoms with Gasteiger partial charge in [0.25, 0.3) is 0 Å². The molecule has 3 atom stereocenters. The Kier molecular flexibility index (Phi) is 3.76. The standard InChI is InChI=1S/C15H18ClNO2/c16-11-8-6-10(7-9-11)15-17-14(18)12-4-2-1-3-5-13(12)19-15/h6-9,12-13,15H,1-5H2,(H,17,18)/t12-,13+,15-/m1/s1. The normalized spacial score (nSPS) is 31.2. The number of hydrogen-bond donors (Lipinski definition) is 1. The molecule has 2 aliphatic rings. The molecule has 0 aromatic heterocycles. The van der Waals surface area contributed by atoms with Gasteiger partial charge in [0.15, 0.2) is 6.23 Å². The van der Waals surface area contributed by atoms with Gasteiger partial charge in [0.05, 0.1) is 12.0 Å². The maximum absolute atomic E-state index is 12.2. The fourth-order valence-electron chi connectivity index (χ4n) is 2.98. The minimum absolute atomic E-state index is 0.0334. The first-order chi connectivity index (χ1) is 9.24. The van der Waals surface area contributed by atoms with Crippen molar-refractivity contribution in [1.29, 1.82) is 0 Å². The number of carbonyl (C=O) groups is 1. The van der Waals surface area contributed by atoms with Crippen LogP contribution in [0.3, 0.4) is 0 Å². The Morgan fingerprint density at radius 3 is 2.63 bits per heavy atom. The Hall–Kier alpha value is -1.06. The van der Waals surface area contributed by atoms with E-state index in [4.69, 9.17) is 16.3 Å². The van der Waals surface area contributed by atoms with Gasteiger partial charge < -0.3 is 10.1 Å². The molecule has 4 heteroatoms. The fraction of sp³-hybridized carbons (Fsp3) is 0.533. The molecule has 1 aliphatic heterocycles. The first-order valence-corrected chi connectivity index (χ1v) is 7.33. The maximum atomic E-state index is 12.2. The van der Waals surface area contributed by atoms with Crippen LogP contribution in [0.5, 0.6) is 0 Å². The summed E-state index contributed by atoms with van der Waals surface area (Å²) >= 11 is 5.88. The van der Waals surface area contributed by atoms with Gasteiger partial charge in [0.1, 0.15) is 0 Å². The van der Waals surface area contributed by atoms with E-state index in [2.05, 4.69) is 5.32 Å². The predicted molar refractivity (Wildman–Crippen MR) is 73.8 cm³/mol. The first kappa shape index (κ1) is 12.9. The Balaban J connectivity index is 1.78. The summed E-state index contributed by atoms with van der Waals surface area (Å²) in [5.74, 6) is 0.171. The summed E-state index contributed by atoms with van der Waals surface area (Å²) in [4.78, 5) is 12.2. The Morgan fingerprint density at radius 1 is 1.11 bits per heavy atom. The van der Waals surface area contributed by atoms with Crippen molar-refractivity contribution in [1.82, 2.24) is 5.32 Å². The second-order valence-corrected chi connectivity index (χ2v) is 5.80. The van der Waals surface area contributed by atoms with Crippen molar-refractivity contribution >= 4 is 17.5 Å². The second kappa shape index (κ2) is 5.51. The molecule has 3 nitrogen and oxygen atoms in total. The fourth-order valence-corrected chi connectivity index (χ4v) is 3.11. The molecular formula is C15H18ClNO2. The molecule has 1 saturated heterocycles. The molecule has 0 spiro atoms. The molecular weight excluding hydrogens is 262 g/mol. The van der Waals surface area contributed by atoms with Crippen LogP contribution in [0.15, 0.2) is 24.3 Å². The Morgan fingerprint density at radius 2 is 1.84 bits per heavy atom. The largest absolute Gasteiger partial charge is 0.350 e. The third-order valence-electron chi connectivity index (χ3n) is 4.05. The number of benzene rings is 1. The molecule has 2 fully saturated rings. The number of ether oxygens (including phenoxy) is 1. The third kappa shape index (κ3) is 2.77. The van der Waals surface area contributed by atoms with Crippen LogP contribution >= 0.6 is 11.6 Å². The minimum atomic E-state index is -0.330. The molecule has 102 valence electrons. The lowest BCUT2D eigenvalue weighted by molar-refractivity contribution is -0.155. The van der Waals surface area contributed by atoms with Crippen LogP contribution in [-0.2, 0) is 9.53 Å². The van der Waals surface area contributed by atoms with Crippen molar-refractivity contribution < 1.29 is 9.53 Å². The Labute approximate surface area is 118 Å². The second-order valence-electron chi connectivity index (χ2n) is 5.36. The van der Waals surface area contributed by atoms with E-state index in [0.717, 1.165) is 31.2 Å². The molecule has 1 aromatic carbocycles. The third-order valence-corrected chi connectivity index (χ3v) is 4.30. The highest BCUT2D eigenvalue weighted by atomic mass is 35.5. The molecule has 0 bridgehead atoms. The monoisotopic (exact) mass is 279 g/mol. The topological polar surface area (TPSA) is 38.3 Å². The van der Waals surface area contributed by atoms with Crippen molar-refractivity contribution in [3.05, 3.63) is 34.9 Å². The quantitative estimate of drug-likeness (QED) is 0.855. The molecule has 1 aromatic rings. The molecule has 0 radical (unpaired) electrons. The summed E-state index contributed by atoms with van der Waals surface area (Å²) in [5.41, 5.74) is 0.959. The van der Waals surface area contributed by atoms with Crippen LogP contribution in [0.2, 0.25) is 5.02 Å². The number of carbonyl (C=O) groups excluding carboxylic acids is 1. The molecule has 1 saturated carbocycles. The van der Waals surface area contributed by atoms with Gasteiger partial charge in [-0.2, -0.15) is 0 Å². The number of hydrogen-bond acceptors (Lipinski definition) is 2. The van der Waals surface area contributed by atoms with E-state index < -0.39 is 0 Å². The van der Waals surface area contributed by atoms with Crippen LogP contribution < -0.4 is 5.32 Å². The van der Waals surface area contributed by atoms with Crippen LogP contribution in [0.25, 0.3) is 0 Å². The van der Waals surface area contributed by atoms with E-state index in [1.807, 2.05) is 24.3 Å². The van der Waals surface area contributed by atoms with Crippen molar-refractivity contribution in [2.75, 3.05) is 0 Å². The van der Waals surface area contributed by atoms with E-state index in [9.17, 15) is 4.79 Å². The van der Waals surface area contributed by atoms with Gasteiger partial charge in [0, 0.05) is 10.6 Å². The molecule has 0 unspecified atom stereocenters. The van der Waals surface area contributed by atoms with Crippen molar-refractivity contribution in [2.45, 2.75) is 44.4 Å². The average molecular weight is 280 g/mol. The summed E-state index contributed by atoms with van der Waals surface area (Å²) in [6.45, 7) is 0.